The van der Waals surface area contributed by atoms with E-state index in [2.05, 4.69) is 156 Å². The number of aromatic nitrogens is 3. The third kappa shape index (κ3) is 4.13. The van der Waals surface area contributed by atoms with Crippen molar-refractivity contribution in [1.29, 1.82) is 0 Å². The van der Waals surface area contributed by atoms with E-state index in [0.29, 0.717) is 11.7 Å². The highest BCUT2D eigenvalue weighted by atomic mass is 16.3. The normalized spacial score (nSPS) is 12.1. The van der Waals surface area contributed by atoms with Crippen LogP contribution >= 0.6 is 0 Å². The van der Waals surface area contributed by atoms with Crippen LogP contribution in [0, 0.1) is 0 Å². The fourth-order valence-corrected chi connectivity index (χ4v) is 8.77. The first-order chi connectivity index (χ1) is 26.8. The van der Waals surface area contributed by atoms with Crippen molar-refractivity contribution in [2.24, 2.45) is 0 Å². The van der Waals surface area contributed by atoms with Crippen LogP contribution in [0.1, 0.15) is 0 Å². The summed E-state index contributed by atoms with van der Waals surface area (Å²) in [6.07, 6.45) is 0. The van der Waals surface area contributed by atoms with Crippen molar-refractivity contribution in [1.82, 2.24) is 14.5 Å². The van der Waals surface area contributed by atoms with Crippen LogP contribution in [0.4, 0.5) is 0 Å². The molecule has 0 fully saturated rings. The Morgan fingerprint density at radius 3 is 1.70 bits per heavy atom. The van der Waals surface area contributed by atoms with Gasteiger partial charge in [0.2, 0.25) is 11.7 Å². The number of rotatable bonds is 3. The molecule has 250 valence electrons. The first-order valence-corrected chi connectivity index (χ1v) is 18.3. The Kier molecular flexibility index (Phi) is 6.02. The van der Waals surface area contributed by atoms with Crippen LogP contribution in [0.3, 0.4) is 0 Å². The number of hydrogen-bond donors (Lipinski definition) is 0. The molecule has 0 bridgehead atoms. The molecule has 12 aromatic rings. The SMILES string of the molecule is c1ccc(-c2ccc(-c3nc(-n4c5cc6ccccc6cc5c5c6c7ccccc7c7ccccc7c6ccc54)nc4oc5ccccc5c34)cc2)cc1. The maximum atomic E-state index is 6.55. The van der Waals surface area contributed by atoms with Crippen LogP contribution < -0.4 is 0 Å². The predicted octanol–water partition coefficient (Wildman–Crippen LogP) is 13.4. The van der Waals surface area contributed by atoms with Crippen LogP contribution in [0.25, 0.3) is 115 Å². The number of furan rings is 1. The van der Waals surface area contributed by atoms with E-state index in [-0.39, 0.29) is 0 Å². The predicted molar refractivity (Wildman–Crippen MR) is 225 cm³/mol. The molecule has 0 saturated carbocycles. The lowest BCUT2D eigenvalue weighted by atomic mass is 9.91. The molecule has 0 unspecified atom stereocenters. The highest BCUT2D eigenvalue weighted by molar-refractivity contribution is 6.35. The van der Waals surface area contributed by atoms with Gasteiger partial charge in [-0.05, 0) is 73.1 Å². The number of benzene rings is 9. The van der Waals surface area contributed by atoms with Gasteiger partial charge < -0.3 is 4.42 Å². The Balaban J connectivity index is 1.22. The molecular weight excluding hydrogens is 659 g/mol. The van der Waals surface area contributed by atoms with Gasteiger partial charge in [0.15, 0.2) is 0 Å². The molecule has 3 aromatic heterocycles. The molecular formula is C50H29N3O. The van der Waals surface area contributed by atoms with E-state index in [1.165, 1.54) is 48.7 Å². The van der Waals surface area contributed by atoms with E-state index in [4.69, 9.17) is 14.4 Å². The Bertz CT molecular complexity index is 3450. The zero-order valence-corrected chi connectivity index (χ0v) is 29.0. The summed E-state index contributed by atoms with van der Waals surface area (Å²) in [5.41, 5.74) is 7.63. The average molecular weight is 688 g/mol. The number of fused-ring (bicyclic) bond motifs is 14. The third-order valence-electron chi connectivity index (χ3n) is 11.2. The first-order valence-electron chi connectivity index (χ1n) is 18.3. The molecule has 0 N–H and O–H groups in total. The van der Waals surface area contributed by atoms with Gasteiger partial charge >= 0.3 is 0 Å². The van der Waals surface area contributed by atoms with Crippen molar-refractivity contribution in [3.05, 3.63) is 176 Å². The van der Waals surface area contributed by atoms with Gasteiger partial charge in [0.05, 0.1) is 22.1 Å². The largest absolute Gasteiger partial charge is 0.437 e. The lowest BCUT2D eigenvalue weighted by Gasteiger charge is -2.13. The van der Waals surface area contributed by atoms with Gasteiger partial charge in [-0.3, -0.25) is 4.57 Å². The minimum atomic E-state index is 0.566. The standard InChI is InChI=1S/C50H29N3O/c1-2-12-30(13-3-1)31-22-24-32(25-23-31)48-47-40-20-10-11-21-44(40)54-49(47)52-50(51-48)53-42-27-26-39-37-18-7-6-16-35(37)36-17-8-9-19-38(36)45(39)46(42)41-28-33-14-4-5-15-34(33)29-43(41)53/h1-29H. The second-order valence-corrected chi connectivity index (χ2v) is 14.1. The molecule has 54 heavy (non-hydrogen) atoms. The second-order valence-electron chi connectivity index (χ2n) is 14.1. The van der Waals surface area contributed by atoms with E-state index in [9.17, 15) is 0 Å². The van der Waals surface area contributed by atoms with Crippen molar-refractivity contribution in [2.75, 3.05) is 0 Å². The summed E-state index contributed by atoms with van der Waals surface area (Å²) in [5.74, 6) is 0.573. The van der Waals surface area contributed by atoms with E-state index in [1.807, 2.05) is 24.3 Å². The van der Waals surface area contributed by atoms with E-state index >= 15 is 0 Å². The summed E-state index contributed by atoms with van der Waals surface area (Å²) >= 11 is 0. The zero-order chi connectivity index (χ0) is 35.3. The Labute approximate surface area is 309 Å². The lowest BCUT2D eigenvalue weighted by molar-refractivity contribution is 0.651. The molecule has 0 aliphatic carbocycles. The molecule has 0 saturated heterocycles. The van der Waals surface area contributed by atoms with E-state index in [0.717, 1.165) is 55.0 Å². The van der Waals surface area contributed by atoms with Gasteiger partial charge in [0.25, 0.3) is 0 Å². The summed E-state index contributed by atoms with van der Waals surface area (Å²) in [5, 5.41) is 14.1. The monoisotopic (exact) mass is 687 g/mol. The molecule has 0 spiro atoms. The van der Waals surface area contributed by atoms with Crippen LogP contribution in [-0.4, -0.2) is 14.5 Å². The fraction of sp³-hybridized carbons (Fsp3) is 0. The molecule has 0 aliphatic heterocycles. The average Bonchev–Trinajstić information content (AvgIpc) is 3.78. The molecule has 0 atom stereocenters. The quantitative estimate of drug-likeness (QED) is 0.174. The summed E-state index contributed by atoms with van der Waals surface area (Å²) in [4.78, 5) is 10.8. The van der Waals surface area contributed by atoms with Crippen LogP contribution in [0.2, 0.25) is 0 Å². The van der Waals surface area contributed by atoms with Crippen molar-refractivity contribution < 1.29 is 4.42 Å². The Morgan fingerprint density at radius 2 is 0.944 bits per heavy atom. The minimum absolute atomic E-state index is 0.566. The molecule has 9 aromatic carbocycles. The molecule has 4 nitrogen and oxygen atoms in total. The zero-order valence-electron chi connectivity index (χ0n) is 29.0. The Morgan fingerprint density at radius 1 is 0.370 bits per heavy atom. The molecule has 0 radical (unpaired) electrons. The highest BCUT2D eigenvalue weighted by Gasteiger charge is 2.23. The topological polar surface area (TPSA) is 43.9 Å². The van der Waals surface area contributed by atoms with Crippen LogP contribution in [0.15, 0.2) is 180 Å². The van der Waals surface area contributed by atoms with Crippen molar-refractivity contribution in [3.8, 4) is 28.3 Å². The van der Waals surface area contributed by atoms with Gasteiger partial charge in [-0.25, -0.2) is 4.98 Å². The number of para-hydroxylation sites is 1. The fourth-order valence-electron chi connectivity index (χ4n) is 8.77. The van der Waals surface area contributed by atoms with Gasteiger partial charge in [0, 0.05) is 27.1 Å². The number of hydrogen-bond acceptors (Lipinski definition) is 3. The molecule has 12 rings (SSSR count). The van der Waals surface area contributed by atoms with Gasteiger partial charge in [0.1, 0.15) is 5.58 Å². The van der Waals surface area contributed by atoms with E-state index < -0.39 is 0 Å². The third-order valence-corrected chi connectivity index (χ3v) is 11.2. The summed E-state index contributed by atoms with van der Waals surface area (Å²) in [7, 11) is 0. The van der Waals surface area contributed by atoms with Gasteiger partial charge in [-0.15, -0.1) is 0 Å². The Hall–Kier alpha value is -7.30. The van der Waals surface area contributed by atoms with E-state index in [1.54, 1.807) is 0 Å². The van der Waals surface area contributed by atoms with Gasteiger partial charge in [-0.1, -0.05) is 152 Å². The maximum Gasteiger partial charge on any atom is 0.238 e. The number of nitrogens with zero attached hydrogens (tertiary/aromatic N) is 3. The highest BCUT2D eigenvalue weighted by Crippen LogP contribution is 2.45. The summed E-state index contributed by atoms with van der Waals surface area (Å²) in [6.45, 7) is 0. The minimum Gasteiger partial charge on any atom is -0.437 e. The maximum absolute atomic E-state index is 6.55. The van der Waals surface area contributed by atoms with Crippen LogP contribution in [-0.2, 0) is 0 Å². The summed E-state index contributed by atoms with van der Waals surface area (Å²) < 4.78 is 8.80. The molecule has 0 aliphatic rings. The van der Waals surface area contributed by atoms with Gasteiger partial charge in [-0.2, -0.15) is 4.98 Å². The van der Waals surface area contributed by atoms with Crippen molar-refractivity contribution >= 4 is 87.0 Å². The van der Waals surface area contributed by atoms with Crippen LogP contribution in [0.5, 0.6) is 0 Å². The molecule has 3 heterocycles. The lowest BCUT2D eigenvalue weighted by Crippen LogP contribution is -2.03. The smallest absolute Gasteiger partial charge is 0.238 e. The molecule has 0 amide bonds. The molecule has 4 heteroatoms. The van der Waals surface area contributed by atoms with Crippen molar-refractivity contribution in [3.63, 3.8) is 0 Å². The second kappa shape index (κ2) is 11.1. The summed E-state index contributed by atoms with van der Waals surface area (Å²) in [6, 6.07) is 62.6. The van der Waals surface area contributed by atoms with Crippen molar-refractivity contribution in [2.45, 2.75) is 0 Å². The first kappa shape index (κ1) is 29.3.